The fraction of sp³-hybridized carbons (Fsp3) is 0.391. The number of methoxy groups -OCH3 is 1. The summed E-state index contributed by atoms with van der Waals surface area (Å²) in [5, 5.41) is 13.5. The van der Waals surface area contributed by atoms with Gasteiger partial charge in [0.05, 0.1) is 42.0 Å². The van der Waals surface area contributed by atoms with Crippen molar-refractivity contribution in [2.24, 2.45) is 5.92 Å². The van der Waals surface area contributed by atoms with Crippen molar-refractivity contribution in [1.82, 2.24) is 29.9 Å². The molecule has 15 heteroatoms. The molecule has 1 aliphatic rings. The first kappa shape index (κ1) is 25.8. The third-order valence-corrected chi connectivity index (χ3v) is 6.70. The van der Waals surface area contributed by atoms with Crippen LogP contribution in [0.5, 0.6) is 5.88 Å². The lowest BCUT2D eigenvalue weighted by Gasteiger charge is -2.20. The number of anilines is 2. The molecule has 200 valence electrons. The second-order valence-electron chi connectivity index (χ2n) is 8.51. The summed E-state index contributed by atoms with van der Waals surface area (Å²) in [5.41, 5.74) is 0.216. The van der Waals surface area contributed by atoms with Crippen molar-refractivity contribution in [1.29, 1.82) is 0 Å². The quantitative estimate of drug-likeness (QED) is 0.310. The molecular formula is C23H23F3N8O3S. The van der Waals surface area contributed by atoms with Crippen LogP contribution in [0.1, 0.15) is 42.0 Å². The maximum absolute atomic E-state index is 13.9. The first-order valence-electron chi connectivity index (χ1n) is 11.7. The fourth-order valence-electron chi connectivity index (χ4n) is 4.12. The monoisotopic (exact) mass is 548 g/mol. The van der Waals surface area contributed by atoms with Crippen LogP contribution in [0.4, 0.5) is 29.3 Å². The lowest BCUT2D eigenvalue weighted by molar-refractivity contribution is -0.137. The summed E-state index contributed by atoms with van der Waals surface area (Å²) in [6.07, 6.45) is 0.755. The minimum atomic E-state index is -4.81. The van der Waals surface area contributed by atoms with Gasteiger partial charge in [0, 0.05) is 12.7 Å². The molecule has 0 bridgehead atoms. The highest BCUT2D eigenvalue weighted by Crippen LogP contribution is 2.47. The number of nitrogens with zero attached hydrogens (tertiary/aromatic N) is 6. The molecule has 0 aromatic carbocycles. The van der Waals surface area contributed by atoms with Gasteiger partial charge >= 0.3 is 12.2 Å². The number of rotatable bonds is 8. The van der Waals surface area contributed by atoms with E-state index in [4.69, 9.17) is 9.47 Å². The SMILES string of the molecule is CCOc1nc(-n2nccn2)c(C(F)(F)F)cc1NC(=O)Nc1cnc2sc(C)nc2c1C(OC)C1CC1. The van der Waals surface area contributed by atoms with Crippen LogP contribution >= 0.6 is 11.3 Å². The van der Waals surface area contributed by atoms with Crippen LogP contribution in [-0.4, -0.2) is 49.7 Å². The molecule has 1 fully saturated rings. The number of fused-ring (bicyclic) bond motifs is 1. The van der Waals surface area contributed by atoms with Gasteiger partial charge in [-0.15, -0.1) is 4.80 Å². The molecule has 1 aliphatic carbocycles. The van der Waals surface area contributed by atoms with Crippen LogP contribution in [0.2, 0.25) is 0 Å². The molecule has 5 rings (SSSR count). The van der Waals surface area contributed by atoms with Gasteiger partial charge in [0.15, 0.2) is 5.82 Å². The van der Waals surface area contributed by atoms with Gasteiger partial charge in [-0.1, -0.05) is 11.3 Å². The first-order chi connectivity index (χ1) is 18.2. The molecule has 0 saturated heterocycles. The fourth-order valence-corrected chi connectivity index (χ4v) is 4.89. The number of hydrogen-bond donors (Lipinski definition) is 2. The van der Waals surface area contributed by atoms with E-state index in [1.165, 1.54) is 29.9 Å². The zero-order chi connectivity index (χ0) is 27.0. The molecule has 1 atom stereocenters. The predicted octanol–water partition coefficient (Wildman–Crippen LogP) is 5.13. The van der Waals surface area contributed by atoms with Crippen molar-refractivity contribution in [3.63, 3.8) is 0 Å². The summed E-state index contributed by atoms with van der Waals surface area (Å²) in [6.45, 7) is 3.59. The number of urea groups is 1. The van der Waals surface area contributed by atoms with Crippen molar-refractivity contribution in [3.05, 3.63) is 40.8 Å². The highest BCUT2D eigenvalue weighted by molar-refractivity contribution is 7.18. The van der Waals surface area contributed by atoms with Gasteiger partial charge in [-0.2, -0.15) is 28.4 Å². The van der Waals surface area contributed by atoms with Gasteiger partial charge in [-0.05, 0) is 38.7 Å². The summed E-state index contributed by atoms with van der Waals surface area (Å²) in [5.74, 6) is -0.539. The number of thiazole rings is 1. The zero-order valence-corrected chi connectivity index (χ0v) is 21.4. The Bertz CT molecular complexity index is 1470. The molecule has 11 nitrogen and oxygen atoms in total. The van der Waals surface area contributed by atoms with E-state index in [-0.39, 0.29) is 30.2 Å². The van der Waals surface area contributed by atoms with Gasteiger partial charge in [-0.3, -0.25) is 0 Å². The molecule has 1 unspecified atom stereocenters. The van der Waals surface area contributed by atoms with Crippen LogP contribution in [0.3, 0.4) is 0 Å². The van der Waals surface area contributed by atoms with Crippen LogP contribution in [0, 0.1) is 12.8 Å². The topological polar surface area (TPSA) is 129 Å². The number of halogens is 3. The molecule has 4 heterocycles. The third-order valence-electron chi connectivity index (χ3n) is 5.82. The number of carbonyl (C=O) groups excluding carboxylic acids is 1. The third kappa shape index (κ3) is 5.11. The van der Waals surface area contributed by atoms with Crippen molar-refractivity contribution >= 4 is 39.1 Å². The Kier molecular flexibility index (Phi) is 6.88. The number of alkyl halides is 3. The van der Waals surface area contributed by atoms with E-state index in [0.717, 1.165) is 28.7 Å². The lowest BCUT2D eigenvalue weighted by Crippen LogP contribution is -2.23. The number of aromatic nitrogens is 6. The summed E-state index contributed by atoms with van der Waals surface area (Å²) < 4.78 is 53.0. The second-order valence-corrected chi connectivity index (χ2v) is 9.69. The Morgan fingerprint density at radius 2 is 1.92 bits per heavy atom. The predicted molar refractivity (Wildman–Crippen MR) is 133 cm³/mol. The van der Waals surface area contributed by atoms with Gasteiger partial charge in [0.1, 0.15) is 21.6 Å². The Hall–Kier alpha value is -3.85. The van der Waals surface area contributed by atoms with E-state index in [2.05, 4.69) is 35.8 Å². The molecule has 0 spiro atoms. The van der Waals surface area contributed by atoms with E-state index in [9.17, 15) is 18.0 Å². The molecule has 2 amide bonds. The Morgan fingerprint density at radius 3 is 2.55 bits per heavy atom. The highest BCUT2D eigenvalue weighted by Gasteiger charge is 2.38. The highest BCUT2D eigenvalue weighted by atomic mass is 32.1. The molecular weight excluding hydrogens is 525 g/mol. The summed E-state index contributed by atoms with van der Waals surface area (Å²) in [4.78, 5) is 27.5. The number of pyridine rings is 2. The molecule has 0 radical (unpaired) electrons. The summed E-state index contributed by atoms with van der Waals surface area (Å²) in [6, 6.07) is -0.0734. The van der Waals surface area contributed by atoms with E-state index in [1.54, 1.807) is 14.0 Å². The van der Waals surface area contributed by atoms with Crippen LogP contribution in [0.25, 0.3) is 16.2 Å². The normalized spacial score (nSPS) is 14.5. The van der Waals surface area contributed by atoms with Crippen molar-refractivity contribution < 1.29 is 27.4 Å². The van der Waals surface area contributed by atoms with Crippen molar-refractivity contribution in [2.75, 3.05) is 24.4 Å². The largest absolute Gasteiger partial charge is 0.476 e. The smallest absolute Gasteiger partial charge is 0.420 e. The van der Waals surface area contributed by atoms with Gasteiger partial charge in [0.2, 0.25) is 5.88 Å². The maximum Gasteiger partial charge on any atom is 0.420 e. The molecule has 4 aromatic heterocycles. The maximum atomic E-state index is 13.9. The number of amides is 2. The Balaban J connectivity index is 1.51. The Morgan fingerprint density at radius 1 is 1.21 bits per heavy atom. The average molecular weight is 549 g/mol. The standard InChI is InChI=1S/C23H23F3N8O3S/c1-4-37-20-14(9-13(23(24,25)26)19(33-20)34-28-7-8-29-34)31-22(35)32-15-10-27-21-17(30-11(2)38-21)16(15)18(36-3)12-5-6-12/h7-10,12,18H,4-6H2,1-3H3,(H2,31,32,35). The minimum Gasteiger partial charge on any atom is -0.476 e. The van der Waals surface area contributed by atoms with Crippen LogP contribution in [0.15, 0.2) is 24.7 Å². The minimum absolute atomic E-state index is 0.0887. The van der Waals surface area contributed by atoms with E-state index >= 15 is 0 Å². The number of hydrogen-bond acceptors (Lipinski definition) is 9. The first-order valence-corrected chi connectivity index (χ1v) is 12.5. The average Bonchev–Trinajstić information content (AvgIpc) is 3.39. The van der Waals surface area contributed by atoms with Crippen molar-refractivity contribution in [3.8, 4) is 11.7 Å². The number of carbonyl (C=O) groups is 1. The van der Waals surface area contributed by atoms with E-state index in [1.807, 2.05) is 6.92 Å². The molecule has 38 heavy (non-hydrogen) atoms. The molecule has 4 aromatic rings. The van der Waals surface area contributed by atoms with E-state index in [0.29, 0.717) is 21.6 Å². The van der Waals surface area contributed by atoms with Gasteiger partial charge in [-0.25, -0.2) is 14.8 Å². The number of nitrogens with one attached hydrogen (secondary N) is 2. The van der Waals surface area contributed by atoms with Gasteiger partial charge in [0.25, 0.3) is 0 Å². The summed E-state index contributed by atoms with van der Waals surface area (Å²) in [7, 11) is 1.59. The van der Waals surface area contributed by atoms with Crippen LogP contribution < -0.4 is 15.4 Å². The van der Waals surface area contributed by atoms with Crippen molar-refractivity contribution in [2.45, 2.75) is 39.0 Å². The zero-order valence-electron chi connectivity index (χ0n) is 20.5. The summed E-state index contributed by atoms with van der Waals surface area (Å²) >= 11 is 1.42. The lowest BCUT2D eigenvalue weighted by atomic mass is 10.0. The molecule has 2 N–H and O–H groups in total. The molecule has 0 aliphatic heterocycles. The Labute approximate surface area is 218 Å². The van der Waals surface area contributed by atoms with E-state index < -0.39 is 23.6 Å². The van der Waals surface area contributed by atoms with Crippen LogP contribution in [-0.2, 0) is 10.9 Å². The number of aryl methyl sites for hydroxylation is 1. The number of ether oxygens (including phenoxy) is 2. The molecule has 1 saturated carbocycles. The second kappa shape index (κ2) is 10.1. The van der Waals surface area contributed by atoms with Gasteiger partial charge < -0.3 is 20.1 Å².